The zero-order valence-corrected chi connectivity index (χ0v) is 8.08. The predicted octanol–water partition coefficient (Wildman–Crippen LogP) is 0.737. The molecule has 5 nitrogen and oxygen atoms in total. The van der Waals surface area contributed by atoms with Crippen molar-refractivity contribution in [3.05, 3.63) is 11.4 Å². The summed E-state index contributed by atoms with van der Waals surface area (Å²) in [4.78, 5) is 10.3. The van der Waals surface area contributed by atoms with E-state index in [1.54, 1.807) is 0 Å². The molecule has 0 spiro atoms. The molecule has 1 aromatic heterocycles. The van der Waals surface area contributed by atoms with Gasteiger partial charge in [0.15, 0.2) is 17.7 Å². The van der Waals surface area contributed by atoms with E-state index in [1.165, 1.54) is 0 Å². The lowest BCUT2D eigenvalue weighted by Gasteiger charge is -2.15. The molecular formula is C7H6F5N3O2. The number of rotatable bonds is 4. The highest BCUT2D eigenvalue weighted by Gasteiger charge is 2.42. The number of halogens is 5. The van der Waals surface area contributed by atoms with Crippen LogP contribution in [0.2, 0.25) is 0 Å². The Kier molecular flexibility index (Phi) is 3.45. The van der Waals surface area contributed by atoms with Gasteiger partial charge in [-0.05, 0) is 0 Å². The van der Waals surface area contributed by atoms with Crippen LogP contribution in [0.5, 0.6) is 0 Å². The van der Waals surface area contributed by atoms with E-state index in [9.17, 15) is 26.7 Å². The van der Waals surface area contributed by atoms with Gasteiger partial charge in [0, 0.05) is 0 Å². The average Bonchev–Trinajstić information content (AvgIpc) is 2.59. The minimum Gasteiger partial charge on any atom is -0.390 e. The number of carbonyl (C=O) groups excluding carboxylic acids is 1. The van der Waals surface area contributed by atoms with Gasteiger partial charge in [-0.1, -0.05) is 5.21 Å². The largest absolute Gasteiger partial charge is 0.435 e. The molecule has 0 saturated heterocycles. The number of aliphatic hydroxyl groups excluding tert-OH is 1. The molecule has 0 atom stereocenters. The molecule has 0 bridgehead atoms. The van der Waals surface area contributed by atoms with Crippen molar-refractivity contribution in [2.45, 2.75) is 18.6 Å². The smallest absolute Gasteiger partial charge is 0.390 e. The molecule has 10 heteroatoms. The summed E-state index contributed by atoms with van der Waals surface area (Å²) < 4.78 is 62.6. The molecule has 0 aromatic carbocycles. The minimum absolute atomic E-state index is 0.153. The molecule has 1 heterocycles. The van der Waals surface area contributed by atoms with Crippen molar-refractivity contribution < 1.29 is 31.9 Å². The summed E-state index contributed by atoms with van der Waals surface area (Å²) in [7, 11) is 0. The summed E-state index contributed by atoms with van der Waals surface area (Å²) >= 11 is 0. The zero-order valence-electron chi connectivity index (χ0n) is 8.08. The van der Waals surface area contributed by atoms with Crippen LogP contribution in [-0.2, 0) is 12.7 Å². The molecule has 1 aromatic rings. The number of aldehydes is 1. The average molecular weight is 259 g/mol. The van der Waals surface area contributed by atoms with E-state index >= 15 is 0 Å². The standard InChI is InChI=1S/C7H6F5N3O2/c8-6(9,3-17)2-15-5(7(10,11)12)4(1-16)13-14-15/h1,17H,2-3H2. The molecule has 17 heavy (non-hydrogen) atoms. The zero-order chi connectivity index (χ0) is 13.3. The lowest BCUT2D eigenvalue weighted by Crippen LogP contribution is -2.31. The fourth-order valence-electron chi connectivity index (χ4n) is 1.08. The molecule has 0 unspecified atom stereocenters. The van der Waals surface area contributed by atoms with Crippen molar-refractivity contribution in [2.75, 3.05) is 6.61 Å². The first-order valence-corrected chi connectivity index (χ1v) is 4.16. The summed E-state index contributed by atoms with van der Waals surface area (Å²) in [6.07, 6.45) is -5.27. The lowest BCUT2D eigenvalue weighted by molar-refractivity contribution is -0.147. The van der Waals surface area contributed by atoms with Crippen LogP contribution in [0.4, 0.5) is 22.0 Å². The van der Waals surface area contributed by atoms with Crippen LogP contribution in [0, 0.1) is 0 Å². The Bertz CT molecular complexity index is 414. The Morgan fingerprint density at radius 3 is 2.29 bits per heavy atom. The molecule has 0 amide bonds. The second-order valence-electron chi connectivity index (χ2n) is 3.11. The molecule has 96 valence electrons. The van der Waals surface area contributed by atoms with Gasteiger partial charge in [-0.25, -0.2) is 13.5 Å². The molecule has 0 aliphatic carbocycles. The van der Waals surface area contributed by atoms with Crippen LogP contribution < -0.4 is 0 Å². The number of alkyl halides is 5. The topological polar surface area (TPSA) is 68.0 Å². The van der Waals surface area contributed by atoms with Gasteiger partial charge in [0.1, 0.15) is 13.2 Å². The predicted molar refractivity (Wildman–Crippen MR) is 42.4 cm³/mol. The first-order chi connectivity index (χ1) is 7.71. The van der Waals surface area contributed by atoms with Crippen molar-refractivity contribution in [3.8, 4) is 0 Å². The van der Waals surface area contributed by atoms with E-state index in [0.29, 0.717) is 0 Å². The van der Waals surface area contributed by atoms with Gasteiger partial charge in [0.05, 0.1) is 0 Å². The maximum absolute atomic E-state index is 12.7. The monoisotopic (exact) mass is 259 g/mol. The maximum Gasteiger partial charge on any atom is 0.435 e. The van der Waals surface area contributed by atoms with E-state index in [1.807, 2.05) is 0 Å². The minimum atomic E-state index is -5.04. The second-order valence-corrected chi connectivity index (χ2v) is 3.11. The van der Waals surface area contributed by atoms with Gasteiger partial charge < -0.3 is 5.11 Å². The Morgan fingerprint density at radius 1 is 1.29 bits per heavy atom. The van der Waals surface area contributed by atoms with E-state index < -0.39 is 36.6 Å². The third-order valence-corrected chi connectivity index (χ3v) is 1.75. The molecule has 1 N–H and O–H groups in total. The van der Waals surface area contributed by atoms with Crippen LogP contribution in [0.3, 0.4) is 0 Å². The number of hydrogen-bond donors (Lipinski definition) is 1. The summed E-state index contributed by atoms with van der Waals surface area (Å²) in [5.41, 5.74) is -2.74. The van der Waals surface area contributed by atoms with Gasteiger partial charge in [-0.2, -0.15) is 13.2 Å². The highest BCUT2D eigenvalue weighted by atomic mass is 19.4. The van der Waals surface area contributed by atoms with Gasteiger partial charge in [0.25, 0.3) is 5.92 Å². The first kappa shape index (κ1) is 13.5. The van der Waals surface area contributed by atoms with Gasteiger partial charge in [0.2, 0.25) is 0 Å². The van der Waals surface area contributed by atoms with Crippen molar-refractivity contribution in [2.24, 2.45) is 0 Å². The van der Waals surface area contributed by atoms with E-state index in [4.69, 9.17) is 5.11 Å². The summed E-state index contributed by atoms with van der Waals surface area (Å²) in [6, 6.07) is 0. The van der Waals surface area contributed by atoms with Gasteiger partial charge >= 0.3 is 6.18 Å². The Labute approximate surface area is 90.8 Å². The van der Waals surface area contributed by atoms with Crippen molar-refractivity contribution in [3.63, 3.8) is 0 Å². The number of aromatic nitrogens is 3. The van der Waals surface area contributed by atoms with E-state index in [-0.39, 0.29) is 11.0 Å². The maximum atomic E-state index is 12.7. The number of carbonyl (C=O) groups is 1. The molecule has 0 fully saturated rings. The molecule has 1 rings (SSSR count). The molecular weight excluding hydrogens is 253 g/mol. The van der Waals surface area contributed by atoms with E-state index in [2.05, 4.69) is 10.3 Å². The van der Waals surface area contributed by atoms with Gasteiger partial charge in [-0.3, -0.25) is 4.79 Å². The van der Waals surface area contributed by atoms with Crippen molar-refractivity contribution in [1.29, 1.82) is 0 Å². The summed E-state index contributed by atoms with van der Waals surface area (Å²) in [5, 5.41) is 13.9. The Hall–Kier alpha value is -1.58. The number of hydrogen-bond acceptors (Lipinski definition) is 4. The first-order valence-electron chi connectivity index (χ1n) is 4.16. The van der Waals surface area contributed by atoms with Crippen LogP contribution in [0.1, 0.15) is 16.2 Å². The Morgan fingerprint density at radius 2 is 1.88 bits per heavy atom. The molecule has 0 aliphatic heterocycles. The molecule has 0 aliphatic rings. The molecule has 0 saturated carbocycles. The third kappa shape index (κ3) is 2.96. The molecule has 0 radical (unpaired) electrons. The SMILES string of the molecule is O=Cc1nnn(CC(F)(F)CO)c1C(F)(F)F. The summed E-state index contributed by atoms with van der Waals surface area (Å²) in [6.45, 7) is -3.15. The fourth-order valence-corrected chi connectivity index (χ4v) is 1.08. The third-order valence-electron chi connectivity index (χ3n) is 1.75. The van der Waals surface area contributed by atoms with Crippen LogP contribution in [-0.4, -0.2) is 38.9 Å². The lowest BCUT2D eigenvalue weighted by atomic mass is 10.3. The van der Waals surface area contributed by atoms with Crippen LogP contribution >= 0.6 is 0 Å². The summed E-state index contributed by atoms with van der Waals surface area (Å²) in [5.74, 6) is -3.78. The van der Waals surface area contributed by atoms with Crippen molar-refractivity contribution in [1.82, 2.24) is 15.0 Å². The Balaban J connectivity index is 3.18. The van der Waals surface area contributed by atoms with Gasteiger partial charge in [-0.15, -0.1) is 5.10 Å². The van der Waals surface area contributed by atoms with Crippen LogP contribution in [0.15, 0.2) is 0 Å². The fraction of sp³-hybridized carbons (Fsp3) is 0.571. The van der Waals surface area contributed by atoms with E-state index in [0.717, 1.165) is 0 Å². The highest BCUT2D eigenvalue weighted by molar-refractivity contribution is 5.73. The van der Waals surface area contributed by atoms with Crippen molar-refractivity contribution >= 4 is 6.29 Å². The highest BCUT2D eigenvalue weighted by Crippen LogP contribution is 2.31. The number of aliphatic hydroxyl groups is 1. The van der Waals surface area contributed by atoms with Crippen LogP contribution in [0.25, 0.3) is 0 Å². The normalized spacial score (nSPS) is 12.8. The quantitative estimate of drug-likeness (QED) is 0.639. The number of nitrogens with zero attached hydrogens (tertiary/aromatic N) is 3. The second kappa shape index (κ2) is 4.35.